The Labute approximate surface area is 303 Å². The minimum Gasteiger partial charge on any atom is -0.305 e. The summed E-state index contributed by atoms with van der Waals surface area (Å²) in [4.78, 5) is 9.27. The zero-order valence-electron chi connectivity index (χ0n) is 28.7. The molecule has 48 heavy (non-hydrogen) atoms. The fraction of sp³-hybridized carbons (Fsp3) is 0.364. The Morgan fingerprint density at radius 3 is 2.19 bits per heavy atom. The molecule has 0 aliphatic heterocycles. The summed E-state index contributed by atoms with van der Waals surface area (Å²) >= 11 is 0. The molecule has 2 fully saturated rings. The van der Waals surface area contributed by atoms with Gasteiger partial charge in [-0.15, -0.1) is 70.8 Å². The summed E-state index contributed by atoms with van der Waals surface area (Å²) in [5, 5.41) is 1.40. The summed E-state index contributed by atoms with van der Waals surface area (Å²) in [5.74, 6) is 2.86. The van der Waals surface area contributed by atoms with Crippen LogP contribution in [0.3, 0.4) is 0 Å². The smallest absolute Gasteiger partial charge is 0.0795 e. The van der Waals surface area contributed by atoms with Gasteiger partial charge in [0.25, 0.3) is 0 Å². The summed E-state index contributed by atoms with van der Waals surface area (Å²) in [7, 11) is -1.23. The molecule has 2 nitrogen and oxygen atoms in total. The van der Waals surface area contributed by atoms with Crippen molar-refractivity contribution < 1.29 is 20.1 Å². The molecule has 3 aliphatic carbocycles. The third kappa shape index (κ3) is 7.83. The van der Waals surface area contributed by atoms with Gasteiger partial charge in [0, 0.05) is 32.5 Å². The van der Waals surface area contributed by atoms with Gasteiger partial charge in [-0.1, -0.05) is 106 Å². The van der Waals surface area contributed by atoms with Gasteiger partial charge in [-0.05, 0) is 77.6 Å². The Morgan fingerprint density at radius 2 is 1.46 bits per heavy atom. The van der Waals surface area contributed by atoms with Crippen molar-refractivity contribution in [2.24, 2.45) is 5.92 Å². The summed E-state index contributed by atoms with van der Waals surface area (Å²) in [5.41, 5.74) is 10.4. The molecular formula is C44H48IrN2Si-2. The van der Waals surface area contributed by atoms with Gasteiger partial charge >= 0.3 is 0 Å². The number of hydrogen-bond donors (Lipinski definition) is 0. The number of hydrogen-bond acceptors (Lipinski definition) is 2. The molecule has 0 bridgehead atoms. The molecular weight excluding hydrogens is 777 g/mol. The largest absolute Gasteiger partial charge is 0.305 e. The van der Waals surface area contributed by atoms with E-state index in [1.165, 1.54) is 85.2 Å². The minimum atomic E-state index is -1.23. The number of benzene rings is 3. The van der Waals surface area contributed by atoms with Crippen LogP contribution in [0, 0.1) is 18.1 Å². The Hall–Kier alpha value is -3.17. The minimum absolute atomic E-state index is 0. The number of nitrogens with zero attached hydrogens (tertiary/aromatic N) is 2. The van der Waals surface area contributed by atoms with Gasteiger partial charge in [-0.3, -0.25) is 0 Å². The van der Waals surface area contributed by atoms with E-state index in [2.05, 4.69) is 103 Å². The van der Waals surface area contributed by atoms with E-state index in [0.29, 0.717) is 11.8 Å². The predicted molar refractivity (Wildman–Crippen MR) is 199 cm³/mol. The van der Waals surface area contributed by atoms with Gasteiger partial charge in [0.15, 0.2) is 0 Å². The third-order valence-corrected chi connectivity index (χ3v) is 13.0. The molecule has 2 aromatic heterocycles. The molecule has 249 valence electrons. The van der Waals surface area contributed by atoms with E-state index in [1.54, 1.807) is 5.56 Å². The monoisotopic (exact) mass is 825 g/mol. The zero-order chi connectivity index (χ0) is 32.2. The fourth-order valence-electron chi connectivity index (χ4n) is 8.34. The van der Waals surface area contributed by atoms with Crippen molar-refractivity contribution in [1.82, 2.24) is 9.97 Å². The molecule has 1 radical (unpaired) electrons. The van der Waals surface area contributed by atoms with E-state index in [4.69, 9.17) is 4.98 Å². The van der Waals surface area contributed by atoms with Gasteiger partial charge in [-0.2, -0.15) is 0 Å². The van der Waals surface area contributed by atoms with Crippen molar-refractivity contribution in [3.63, 3.8) is 0 Å². The average molecular weight is 825 g/mol. The fourth-order valence-corrected chi connectivity index (χ4v) is 9.37. The standard InChI is InChI=1S/C30H32N.C14H16NSi.Ir/c1-3-8-21(9-4-1)23-16-17-31-30(20-23)24-14-15-27-25(18-24)19-29-26(12-7-13-28(27)29)22-10-5-2-6-11-22;1-16(2,3)13-9-10-14(15-11-13)12-7-5-4-6-8-12;/h2,5-6,10-11,14-17,20-21,26,28-29H,1,3-4,7-9,12-13,19H2;4-7,9-11H,1-3H3;/q2*-1;. The summed E-state index contributed by atoms with van der Waals surface area (Å²) in [6, 6.07) is 39.8. The predicted octanol–water partition coefficient (Wildman–Crippen LogP) is 10.9. The van der Waals surface area contributed by atoms with Crippen LogP contribution in [0.4, 0.5) is 0 Å². The van der Waals surface area contributed by atoms with Gasteiger partial charge in [0.1, 0.15) is 0 Å². The topological polar surface area (TPSA) is 25.8 Å². The van der Waals surface area contributed by atoms with E-state index in [1.807, 2.05) is 36.7 Å². The normalized spacial score (nSPS) is 20.4. The second-order valence-electron chi connectivity index (χ2n) is 15.0. The van der Waals surface area contributed by atoms with Crippen molar-refractivity contribution in [3.05, 3.63) is 138 Å². The van der Waals surface area contributed by atoms with Gasteiger partial charge in [0.05, 0.1) is 8.07 Å². The van der Waals surface area contributed by atoms with Crippen molar-refractivity contribution in [2.45, 2.75) is 95.2 Å². The van der Waals surface area contributed by atoms with Gasteiger partial charge in [-0.25, -0.2) is 0 Å². The second kappa shape index (κ2) is 15.6. The molecule has 4 heteroatoms. The molecule has 8 rings (SSSR count). The van der Waals surface area contributed by atoms with Crippen LogP contribution in [0.1, 0.15) is 91.4 Å². The first-order valence-electron chi connectivity index (χ1n) is 17.9. The summed E-state index contributed by atoms with van der Waals surface area (Å²) < 4.78 is 0. The van der Waals surface area contributed by atoms with Crippen LogP contribution in [0.25, 0.3) is 22.5 Å². The number of fused-ring (bicyclic) bond motifs is 3. The maximum Gasteiger partial charge on any atom is 0.0795 e. The molecule has 3 unspecified atom stereocenters. The van der Waals surface area contributed by atoms with E-state index < -0.39 is 8.07 Å². The molecule has 3 aliphatic rings. The van der Waals surface area contributed by atoms with E-state index in [-0.39, 0.29) is 20.1 Å². The molecule has 2 heterocycles. The maximum absolute atomic E-state index is 4.75. The van der Waals surface area contributed by atoms with Crippen molar-refractivity contribution >= 4 is 13.3 Å². The molecule has 3 atom stereocenters. The first-order valence-corrected chi connectivity index (χ1v) is 21.4. The number of aromatic nitrogens is 2. The summed E-state index contributed by atoms with van der Waals surface area (Å²) in [6.45, 7) is 7.00. The van der Waals surface area contributed by atoms with Crippen LogP contribution < -0.4 is 5.19 Å². The van der Waals surface area contributed by atoms with Crippen LogP contribution in [-0.4, -0.2) is 18.0 Å². The molecule has 3 aromatic carbocycles. The molecule has 5 aromatic rings. The number of rotatable bonds is 5. The first-order chi connectivity index (χ1) is 22.9. The first kappa shape index (κ1) is 34.7. The van der Waals surface area contributed by atoms with E-state index in [0.717, 1.165) is 28.8 Å². The molecule has 0 spiro atoms. The maximum atomic E-state index is 4.75. The van der Waals surface area contributed by atoms with Gasteiger partial charge < -0.3 is 9.97 Å². The van der Waals surface area contributed by atoms with Gasteiger partial charge in [0.2, 0.25) is 0 Å². The third-order valence-electron chi connectivity index (χ3n) is 10.9. The van der Waals surface area contributed by atoms with E-state index >= 15 is 0 Å². The van der Waals surface area contributed by atoms with E-state index in [9.17, 15) is 0 Å². The van der Waals surface area contributed by atoms with Crippen molar-refractivity contribution in [3.8, 4) is 22.5 Å². The Morgan fingerprint density at radius 1 is 0.667 bits per heavy atom. The number of pyridine rings is 2. The van der Waals surface area contributed by atoms with Crippen LogP contribution in [0.5, 0.6) is 0 Å². The van der Waals surface area contributed by atoms with Crippen LogP contribution >= 0.6 is 0 Å². The van der Waals surface area contributed by atoms with Crippen LogP contribution in [0.15, 0.2) is 103 Å². The van der Waals surface area contributed by atoms with Crippen molar-refractivity contribution in [2.75, 3.05) is 0 Å². The summed E-state index contributed by atoms with van der Waals surface area (Å²) in [6.07, 6.45) is 16.0. The van der Waals surface area contributed by atoms with Crippen LogP contribution in [0.2, 0.25) is 19.6 Å². The Bertz CT molecular complexity index is 1760. The second-order valence-corrected chi connectivity index (χ2v) is 20.1. The SMILES string of the molecule is C[Si](C)(C)c1ccc(-c2[c-]cccc2)nc1.[Ir].[c-]1c(-c2cc(C3CCCCC3)ccn2)ccc2c1CC1C(c3ccccc3)CCCC21. The molecule has 2 saturated carbocycles. The average Bonchev–Trinajstić information content (AvgIpc) is 3.51. The van der Waals surface area contributed by atoms with Crippen molar-refractivity contribution in [1.29, 1.82) is 0 Å². The Kier molecular flexibility index (Phi) is 11.3. The van der Waals surface area contributed by atoms with Crippen LogP contribution in [-0.2, 0) is 26.5 Å². The Balaban J connectivity index is 0.000000201. The zero-order valence-corrected chi connectivity index (χ0v) is 32.1. The molecule has 0 amide bonds. The quantitative estimate of drug-likeness (QED) is 0.130. The molecule has 0 saturated heterocycles. The molecule has 0 N–H and O–H groups in total.